The van der Waals surface area contributed by atoms with E-state index in [1.54, 1.807) is 0 Å². The van der Waals surface area contributed by atoms with Crippen molar-refractivity contribution in [3.8, 4) is 0 Å². The van der Waals surface area contributed by atoms with Crippen molar-refractivity contribution >= 4 is 11.6 Å². The Kier molecular flexibility index (Phi) is 4.56. The summed E-state index contributed by atoms with van der Waals surface area (Å²) in [6, 6.07) is 4.11. The molecule has 2 rings (SSSR count). The largest absolute Gasteiger partial charge is 0.371 e. The summed E-state index contributed by atoms with van der Waals surface area (Å²) < 4.78 is 0. The molecule has 1 aliphatic rings. The van der Waals surface area contributed by atoms with E-state index in [1.165, 1.54) is 5.69 Å². The summed E-state index contributed by atoms with van der Waals surface area (Å²) in [4.78, 5) is 17.6. The maximum Gasteiger partial charge on any atom is 0.219 e. The number of hydrogen-bond donors (Lipinski definition) is 1. The van der Waals surface area contributed by atoms with Crippen molar-refractivity contribution in [2.45, 2.75) is 26.2 Å². The summed E-state index contributed by atoms with van der Waals surface area (Å²) in [6.07, 6.45) is 6.54. The van der Waals surface area contributed by atoms with Crippen LogP contribution < -0.4 is 10.2 Å². The molecule has 0 radical (unpaired) electrons. The molecule has 0 bridgehead atoms. The van der Waals surface area contributed by atoms with Crippen molar-refractivity contribution in [3.63, 3.8) is 0 Å². The molecule has 0 saturated carbocycles. The Morgan fingerprint density at radius 2 is 2.06 bits per heavy atom. The molecule has 0 atom stereocenters. The summed E-state index contributed by atoms with van der Waals surface area (Å²) in [5, 5.41) is 2.99. The zero-order valence-electron chi connectivity index (χ0n) is 10.9. The van der Waals surface area contributed by atoms with E-state index >= 15 is 0 Å². The van der Waals surface area contributed by atoms with Crippen molar-refractivity contribution in [2.24, 2.45) is 5.92 Å². The van der Waals surface area contributed by atoms with Gasteiger partial charge in [0, 0.05) is 44.1 Å². The first-order valence-electron chi connectivity index (χ1n) is 6.71. The Balaban J connectivity index is 1.76. The van der Waals surface area contributed by atoms with Gasteiger partial charge in [-0.15, -0.1) is 0 Å². The van der Waals surface area contributed by atoms with Crippen LogP contribution in [0.5, 0.6) is 0 Å². The third kappa shape index (κ3) is 3.45. The number of anilines is 1. The summed E-state index contributed by atoms with van der Waals surface area (Å²) in [7, 11) is 0. The number of carbonyl (C=O) groups excluding carboxylic acids is 1. The minimum Gasteiger partial charge on any atom is -0.371 e. The average Bonchev–Trinajstić information content (AvgIpc) is 2.46. The highest BCUT2D eigenvalue weighted by molar-refractivity contribution is 5.75. The highest BCUT2D eigenvalue weighted by atomic mass is 16.1. The normalized spacial score (nSPS) is 16.6. The minimum absolute atomic E-state index is 0.159. The van der Waals surface area contributed by atoms with Crippen LogP contribution >= 0.6 is 0 Å². The van der Waals surface area contributed by atoms with Gasteiger partial charge in [-0.1, -0.05) is 6.92 Å². The number of hydrogen-bond acceptors (Lipinski definition) is 3. The number of rotatable bonds is 4. The van der Waals surface area contributed by atoms with Crippen LogP contribution in [0.4, 0.5) is 5.69 Å². The Morgan fingerprint density at radius 3 is 2.67 bits per heavy atom. The van der Waals surface area contributed by atoms with Gasteiger partial charge in [-0.2, -0.15) is 0 Å². The number of pyridine rings is 1. The molecule has 4 nitrogen and oxygen atoms in total. The zero-order valence-corrected chi connectivity index (χ0v) is 10.9. The lowest BCUT2D eigenvalue weighted by Gasteiger charge is -2.33. The van der Waals surface area contributed by atoms with E-state index < -0.39 is 0 Å². The molecule has 1 N–H and O–H groups in total. The second-order valence-corrected chi connectivity index (χ2v) is 4.79. The minimum atomic E-state index is 0.159. The highest BCUT2D eigenvalue weighted by Crippen LogP contribution is 2.22. The van der Waals surface area contributed by atoms with E-state index in [-0.39, 0.29) is 5.91 Å². The van der Waals surface area contributed by atoms with Gasteiger partial charge in [0.05, 0.1) is 0 Å². The third-order valence-electron chi connectivity index (χ3n) is 3.55. The van der Waals surface area contributed by atoms with Crippen LogP contribution in [-0.4, -0.2) is 30.5 Å². The molecule has 18 heavy (non-hydrogen) atoms. The maximum absolute atomic E-state index is 11.2. The smallest absolute Gasteiger partial charge is 0.219 e. The molecule has 0 unspecified atom stereocenters. The first-order chi connectivity index (χ1) is 8.79. The number of nitrogens with one attached hydrogen (secondary N) is 1. The molecule has 1 amide bonds. The fraction of sp³-hybridized carbons (Fsp3) is 0.571. The summed E-state index contributed by atoms with van der Waals surface area (Å²) in [5.74, 6) is 0.783. The van der Waals surface area contributed by atoms with E-state index in [4.69, 9.17) is 0 Å². The van der Waals surface area contributed by atoms with E-state index in [2.05, 4.69) is 27.3 Å². The van der Waals surface area contributed by atoms with E-state index in [1.807, 2.05) is 19.3 Å². The van der Waals surface area contributed by atoms with Crippen molar-refractivity contribution < 1.29 is 4.79 Å². The quantitative estimate of drug-likeness (QED) is 0.882. The molecule has 1 aromatic rings. The molecule has 2 heterocycles. The predicted molar refractivity (Wildman–Crippen MR) is 72.5 cm³/mol. The molecule has 4 heteroatoms. The van der Waals surface area contributed by atoms with Crippen LogP contribution in [0.2, 0.25) is 0 Å². The predicted octanol–water partition coefficient (Wildman–Crippen LogP) is 1.82. The molecular weight excluding hydrogens is 226 g/mol. The van der Waals surface area contributed by atoms with Crippen molar-refractivity contribution in [1.82, 2.24) is 10.3 Å². The molecule has 0 spiro atoms. The Hall–Kier alpha value is -1.58. The molecule has 98 valence electrons. The zero-order chi connectivity index (χ0) is 12.8. The topological polar surface area (TPSA) is 45.2 Å². The Morgan fingerprint density at radius 1 is 1.39 bits per heavy atom. The standard InChI is InChI=1S/C14H21N3O/c1-2-14(18)16-11-12-5-9-17(10-6-12)13-3-7-15-8-4-13/h3-4,7-8,12H,2,5-6,9-11H2,1H3,(H,16,18). The number of piperidine rings is 1. The van der Waals surface area contributed by atoms with Crippen LogP contribution in [0.15, 0.2) is 24.5 Å². The number of carbonyl (C=O) groups is 1. The fourth-order valence-corrected chi connectivity index (χ4v) is 2.33. The van der Waals surface area contributed by atoms with Gasteiger partial charge >= 0.3 is 0 Å². The van der Waals surface area contributed by atoms with Crippen molar-refractivity contribution in [2.75, 3.05) is 24.5 Å². The average molecular weight is 247 g/mol. The van der Waals surface area contributed by atoms with Crippen LogP contribution in [0.3, 0.4) is 0 Å². The Labute approximate surface area is 108 Å². The SMILES string of the molecule is CCC(=O)NCC1CCN(c2ccncc2)CC1. The van der Waals surface area contributed by atoms with Gasteiger partial charge < -0.3 is 10.2 Å². The first-order valence-corrected chi connectivity index (χ1v) is 6.71. The van der Waals surface area contributed by atoms with Gasteiger partial charge in [0.1, 0.15) is 0 Å². The number of aromatic nitrogens is 1. The molecule has 1 aliphatic heterocycles. The van der Waals surface area contributed by atoms with E-state index in [0.29, 0.717) is 12.3 Å². The lowest BCUT2D eigenvalue weighted by molar-refractivity contribution is -0.120. The maximum atomic E-state index is 11.2. The van der Waals surface area contributed by atoms with Crippen LogP contribution in [0, 0.1) is 5.92 Å². The molecular formula is C14H21N3O. The van der Waals surface area contributed by atoms with E-state index in [9.17, 15) is 4.79 Å². The molecule has 1 saturated heterocycles. The Bertz CT molecular complexity index is 372. The van der Waals surface area contributed by atoms with Crippen LogP contribution in [-0.2, 0) is 4.79 Å². The first kappa shape index (κ1) is 12.9. The van der Waals surface area contributed by atoms with Gasteiger partial charge in [-0.05, 0) is 30.9 Å². The summed E-state index contributed by atoms with van der Waals surface area (Å²) >= 11 is 0. The highest BCUT2D eigenvalue weighted by Gasteiger charge is 2.19. The lowest BCUT2D eigenvalue weighted by atomic mass is 9.96. The fourth-order valence-electron chi connectivity index (χ4n) is 2.33. The number of nitrogens with zero attached hydrogens (tertiary/aromatic N) is 2. The third-order valence-corrected chi connectivity index (χ3v) is 3.55. The van der Waals surface area contributed by atoms with Gasteiger partial charge in [0.25, 0.3) is 0 Å². The molecule has 0 aromatic carbocycles. The lowest BCUT2D eigenvalue weighted by Crippen LogP contribution is -2.38. The van der Waals surface area contributed by atoms with Crippen molar-refractivity contribution in [1.29, 1.82) is 0 Å². The second kappa shape index (κ2) is 6.38. The molecule has 1 aromatic heterocycles. The molecule has 1 fully saturated rings. The van der Waals surface area contributed by atoms with Gasteiger partial charge in [0.2, 0.25) is 5.91 Å². The summed E-state index contributed by atoms with van der Waals surface area (Å²) in [5.41, 5.74) is 1.25. The number of amides is 1. The second-order valence-electron chi connectivity index (χ2n) is 4.79. The molecule has 0 aliphatic carbocycles. The van der Waals surface area contributed by atoms with Crippen molar-refractivity contribution in [3.05, 3.63) is 24.5 Å². The monoisotopic (exact) mass is 247 g/mol. The van der Waals surface area contributed by atoms with Gasteiger partial charge in [-0.3, -0.25) is 9.78 Å². The van der Waals surface area contributed by atoms with Crippen LogP contribution in [0.1, 0.15) is 26.2 Å². The summed E-state index contributed by atoms with van der Waals surface area (Å²) in [6.45, 7) is 4.85. The van der Waals surface area contributed by atoms with Gasteiger partial charge in [-0.25, -0.2) is 0 Å². The van der Waals surface area contributed by atoms with Gasteiger partial charge in [0.15, 0.2) is 0 Å². The van der Waals surface area contributed by atoms with Crippen LogP contribution in [0.25, 0.3) is 0 Å². The van der Waals surface area contributed by atoms with E-state index in [0.717, 1.165) is 32.5 Å².